The summed E-state index contributed by atoms with van der Waals surface area (Å²) in [6.45, 7) is 6.07. The van der Waals surface area contributed by atoms with Crippen molar-refractivity contribution in [3.63, 3.8) is 0 Å². The Balaban J connectivity index is 1.85. The van der Waals surface area contributed by atoms with Gasteiger partial charge in [-0.2, -0.15) is 0 Å². The van der Waals surface area contributed by atoms with Gasteiger partial charge in [-0.15, -0.1) is 10.2 Å². The molecular formula is C19H22N4O2S. The summed E-state index contributed by atoms with van der Waals surface area (Å²) in [5.41, 5.74) is 0.699. The normalized spacial score (nSPS) is 11.5. The minimum absolute atomic E-state index is 0.0241. The van der Waals surface area contributed by atoms with Crippen molar-refractivity contribution in [2.45, 2.75) is 37.9 Å². The van der Waals surface area contributed by atoms with Gasteiger partial charge in [0.25, 0.3) is 0 Å². The van der Waals surface area contributed by atoms with E-state index in [4.69, 9.17) is 4.42 Å². The Morgan fingerprint density at radius 3 is 2.62 bits per heavy atom. The van der Waals surface area contributed by atoms with Crippen LogP contribution in [0.1, 0.15) is 27.2 Å². The van der Waals surface area contributed by atoms with Crippen molar-refractivity contribution >= 4 is 17.7 Å². The van der Waals surface area contributed by atoms with Gasteiger partial charge in [0.1, 0.15) is 0 Å². The van der Waals surface area contributed by atoms with E-state index in [2.05, 4.69) is 22.4 Å². The zero-order chi connectivity index (χ0) is 18.6. The third-order valence-electron chi connectivity index (χ3n) is 4.08. The summed E-state index contributed by atoms with van der Waals surface area (Å²) >= 11 is 1.35. The molecule has 3 rings (SSSR count). The van der Waals surface area contributed by atoms with Gasteiger partial charge < -0.3 is 9.73 Å². The zero-order valence-corrected chi connectivity index (χ0v) is 15.9. The Morgan fingerprint density at radius 2 is 1.96 bits per heavy atom. The van der Waals surface area contributed by atoms with Crippen LogP contribution in [0.3, 0.4) is 0 Å². The first kappa shape index (κ1) is 18.3. The standard InChI is InChI=1S/C19H22N4O2S/c1-4-19(2,3)20-16(24)13-26-18-22-21-17(15-11-8-12-25-15)23(18)14-9-6-5-7-10-14/h5-12H,4,13H2,1-3H3,(H,20,24). The van der Waals surface area contributed by atoms with Crippen LogP contribution in [0.5, 0.6) is 0 Å². The number of carbonyl (C=O) groups is 1. The highest BCUT2D eigenvalue weighted by atomic mass is 32.2. The van der Waals surface area contributed by atoms with E-state index < -0.39 is 0 Å². The lowest BCUT2D eigenvalue weighted by molar-refractivity contribution is -0.120. The molecule has 6 nitrogen and oxygen atoms in total. The topological polar surface area (TPSA) is 73.0 Å². The molecule has 0 fully saturated rings. The van der Waals surface area contributed by atoms with Gasteiger partial charge in [0.2, 0.25) is 11.7 Å². The first-order valence-electron chi connectivity index (χ1n) is 8.49. The number of para-hydroxylation sites is 1. The average Bonchev–Trinajstić information content (AvgIpc) is 3.29. The van der Waals surface area contributed by atoms with E-state index in [-0.39, 0.29) is 17.2 Å². The predicted octanol–water partition coefficient (Wildman–Crippen LogP) is 3.92. The van der Waals surface area contributed by atoms with Crippen LogP contribution in [0.15, 0.2) is 58.3 Å². The quantitative estimate of drug-likeness (QED) is 0.638. The Kier molecular flexibility index (Phi) is 5.46. The Labute approximate surface area is 157 Å². The number of aromatic nitrogens is 3. The maximum Gasteiger partial charge on any atom is 0.230 e. The van der Waals surface area contributed by atoms with Crippen LogP contribution in [0.25, 0.3) is 17.3 Å². The second-order valence-electron chi connectivity index (χ2n) is 6.53. The molecule has 0 aliphatic heterocycles. The molecule has 0 saturated carbocycles. The zero-order valence-electron chi connectivity index (χ0n) is 15.1. The highest BCUT2D eigenvalue weighted by Gasteiger charge is 2.21. The molecule has 136 valence electrons. The van der Waals surface area contributed by atoms with Crippen LogP contribution >= 0.6 is 11.8 Å². The number of rotatable bonds is 7. The first-order chi connectivity index (χ1) is 12.5. The highest BCUT2D eigenvalue weighted by Crippen LogP contribution is 2.28. The minimum Gasteiger partial charge on any atom is -0.461 e. The summed E-state index contributed by atoms with van der Waals surface area (Å²) in [4.78, 5) is 12.3. The van der Waals surface area contributed by atoms with Crippen LogP contribution in [0.4, 0.5) is 0 Å². The molecule has 26 heavy (non-hydrogen) atoms. The summed E-state index contributed by atoms with van der Waals surface area (Å²) in [5.74, 6) is 1.48. The molecule has 0 radical (unpaired) electrons. The fraction of sp³-hybridized carbons (Fsp3) is 0.316. The van der Waals surface area contributed by atoms with Gasteiger partial charge in [-0.1, -0.05) is 36.9 Å². The lowest BCUT2D eigenvalue weighted by Gasteiger charge is -2.24. The van der Waals surface area contributed by atoms with Crippen molar-refractivity contribution in [1.29, 1.82) is 0 Å². The van der Waals surface area contributed by atoms with Gasteiger partial charge in [-0.3, -0.25) is 9.36 Å². The SMILES string of the molecule is CCC(C)(C)NC(=O)CSc1nnc(-c2ccco2)n1-c1ccccc1. The number of carbonyl (C=O) groups excluding carboxylic acids is 1. The van der Waals surface area contributed by atoms with Crippen molar-refractivity contribution in [3.05, 3.63) is 48.7 Å². The molecule has 0 aliphatic rings. The molecule has 1 N–H and O–H groups in total. The van der Waals surface area contributed by atoms with Gasteiger partial charge in [-0.25, -0.2) is 0 Å². The fourth-order valence-electron chi connectivity index (χ4n) is 2.37. The third kappa shape index (κ3) is 4.16. The summed E-state index contributed by atoms with van der Waals surface area (Å²) in [7, 11) is 0. The van der Waals surface area contributed by atoms with Crippen molar-refractivity contribution < 1.29 is 9.21 Å². The van der Waals surface area contributed by atoms with Crippen LogP contribution in [-0.2, 0) is 4.79 Å². The Bertz CT molecular complexity index is 857. The van der Waals surface area contributed by atoms with E-state index in [1.807, 2.05) is 60.9 Å². The predicted molar refractivity (Wildman–Crippen MR) is 102 cm³/mol. The van der Waals surface area contributed by atoms with Crippen molar-refractivity contribution in [1.82, 2.24) is 20.1 Å². The Hall–Kier alpha value is -2.54. The van der Waals surface area contributed by atoms with Crippen molar-refractivity contribution in [2.75, 3.05) is 5.75 Å². The maximum atomic E-state index is 12.3. The lowest BCUT2D eigenvalue weighted by atomic mass is 10.0. The summed E-state index contributed by atoms with van der Waals surface area (Å²) in [6.07, 6.45) is 2.47. The summed E-state index contributed by atoms with van der Waals surface area (Å²) < 4.78 is 7.39. The van der Waals surface area contributed by atoms with Crippen LogP contribution in [0.2, 0.25) is 0 Å². The van der Waals surface area contributed by atoms with Gasteiger partial charge in [-0.05, 0) is 44.5 Å². The number of nitrogens with one attached hydrogen (secondary N) is 1. The molecule has 3 aromatic rings. The van der Waals surface area contributed by atoms with E-state index in [0.717, 1.165) is 12.1 Å². The molecule has 1 aromatic carbocycles. The smallest absolute Gasteiger partial charge is 0.230 e. The van der Waals surface area contributed by atoms with Gasteiger partial charge >= 0.3 is 0 Å². The number of nitrogens with zero attached hydrogens (tertiary/aromatic N) is 3. The largest absolute Gasteiger partial charge is 0.461 e. The maximum absolute atomic E-state index is 12.3. The molecule has 1 amide bonds. The number of amides is 1. The molecule has 2 heterocycles. The van der Waals surface area contributed by atoms with Crippen LogP contribution < -0.4 is 5.32 Å². The highest BCUT2D eigenvalue weighted by molar-refractivity contribution is 7.99. The van der Waals surface area contributed by atoms with E-state index >= 15 is 0 Å². The van der Waals surface area contributed by atoms with Gasteiger partial charge in [0.15, 0.2) is 10.9 Å². The second kappa shape index (κ2) is 7.78. The van der Waals surface area contributed by atoms with E-state index in [9.17, 15) is 4.79 Å². The van der Waals surface area contributed by atoms with Crippen LogP contribution in [0, 0.1) is 0 Å². The average molecular weight is 370 g/mol. The molecule has 0 bridgehead atoms. The molecule has 0 unspecified atom stereocenters. The van der Waals surface area contributed by atoms with Gasteiger partial charge in [0, 0.05) is 11.2 Å². The van der Waals surface area contributed by atoms with Crippen LogP contribution in [-0.4, -0.2) is 32.0 Å². The molecule has 7 heteroatoms. The molecule has 0 saturated heterocycles. The number of furan rings is 1. The molecule has 0 atom stereocenters. The number of thioether (sulfide) groups is 1. The lowest BCUT2D eigenvalue weighted by Crippen LogP contribution is -2.43. The summed E-state index contributed by atoms with van der Waals surface area (Å²) in [6, 6.07) is 13.5. The van der Waals surface area contributed by atoms with Crippen molar-refractivity contribution in [3.8, 4) is 17.3 Å². The number of hydrogen-bond donors (Lipinski definition) is 1. The number of hydrogen-bond acceptors (Lipinski definition) is 5. The monoisotopic (exact) mass is 370 g/mol. The minimum atomic E-state index is -0.218. The van der Waals surface area contributed by atoms with E-state index in [1.165, 1.54) is 11.8 Å². The van der Waals surface area contributed by atoms with Crippen molar-refractivity contribution in [2.24, 2.45) is 0 Å². The number of benzene rings is 1. The molecule has 2 aromatic heterocycles. The summed E-state index contributed by atoms with van der Waals surface area (Å²) in [5, 5.41) is 12.2. The van der Waals surface area contributed by atoms with Gasteiger partial charge in [0.05, 0.1) is 12.0 Å². The molecular weight excluding hydrogens is 348 g/mol. The van der Waals surface area contributed by atoms with E-state index in [1.54, 1.807) is 6.26 Å². The fourth-order valence-corrected chi connectivity index (χ4v) is 3.12. The second-order valence-corrected chi connectivity index (χ2v) is 7.47. The Morgan fingerprint density at radius 1 is 1.19 bits per heavy atom. The first-order valence-corrected chi connectivity index (χ1v) is 9.47. The molecule has 0 aliphatic carbocycles. The van der Waals surface area contributed by atoms with E-state index in [0.29, 0.717) is 16.7 Å². The molecule has 0 spiro atoms. The third-order valence-corrected chi connectivity index (χ3v) is 5.01.